The number of nitrogens with one attached hydrogen (secondary N) is 1. The highest BCUT2D eigenvalue weighted by molar-refractivity contribution is 6.31. The van der Waals surface area contributed by atoms with Gasteiger partial charge in [-0.1, -0.05) is 35.0 Å². The van der Waals surface area contributed by atoms with Gasteiger partial charge in [-0.2, -0.15) is 0 Å². The summed E-state index contributed by atoms with van der Waals surface area (Å²) in [6, 6.07) is 10.7. The number of benzene rings is 1. The lowest BCUT2D eigenvalue weighted by atomic mass is 10.1. The number of nitrogens with two attached hydrogens (primary N) is 1. The van der Waals surface area contributed by atoms with Crippen LogP contribution >= 0.6 is 11.6 Å². The summed E-state index contributed by atoms with van der Waals surface area (Å²) < 4.78 is 10.8. The summed E-state index contributed by atoms with van der Waals surface area (Å²) in [4.78, 5) is 16.7. The molecular formula is C20H21ClN4O3. The van der Waals surface area contributed by atoms with Gasteiger partial charge in [0.15, 0.2) is 5.76 Å². The van der Waals surface area contributed by atoms with Gasteiger partial charge in [-0.15, -0.1) is 0 Å². The average Bonchev–Trinajstić information content (AvgIpc) is 3.03. The minimum Gasteiger partial charge on any atom is -0.442 e. The van der Waals surface area contributed by atoms with Crippen molar-refractivity contribution in [2.45, 2.75) is 33.4 Å². The van der Waals surface area contributed by atoms with Crippen LogP contribution in [0.1, 0.15) is 35.5 Å². The molecule has 8 heteroatoms. The molecule has 3 rings (SSSR count). The fourth-order valence-electron chi connectivity index (χ4n) is 2.73. The van der Waals surface area contributed by atoms with Gasteiger partial charge in [0.05, 0.1) is 23.6 Å². The van der Waals surface area contributed by atoms with Gasteiger partial charge in [-0.05, 0) is 39.0 Å². The highest BCUT2D eigenvalue weighted by Gasteiger charge is 2.19. The van der Waals surface area contributed by atoms with Crippen molar-refractivity contribution >= 4 is 23.4 Å². The SMILES string of the molecule is Cc1nc(-c2onc(C)c2CNC(=O)O[C@H](C)c2ccccc2Cl)ccc1N. The van der Waals surface area contributed by atoms with E-state index >= 15 is 0 Å². The monoisotopic (exact) mass is 400 g/mol. The molecule has 0 saturated heterocycles. The van der Waals surface area contributed by atoms with Crippen molar-refractivity contribution in [3.8, 4) is 11.5 Å². The number of rotatable bonds is 5. The third-order valence-corrected chi connectivity index (χ3v) is 4.72. The van der Waals surface area contributed by atoms with Gasteiger partial charge in [-0.3, -0.25) is 0 Å². The standard InChI is InChI=1S/C20H21ClN4O3/c1-11-15(19(28-25-11)18-9-8-17(22)12(2)24-18)10-23-20(26)27-13(3)14-6-4-5-7-16(14)21/h4-9,13H,10,22H2,1-3H3,(H,23,26)/t13-/m1/s1. The van der Waals surface area contributed by atoms with Gasteiger partial charge in [0.25, 0.3) is 0 Å². The van der Waals surface area contributed by atoms with Gasteiger partial charge in [-0.25, -0.2) is 9.78 Å². The number of alkyl carbamates (subject to hydrolysis) is 1. The van der Waals surface area contributed by atoms with Crippen LogP contribution in [0.25, 0.3) is 11.5 Å². The Hall–Kier alpha value is -3.06. The predicted molar refractivity (Wildman–Crippen MR) is 107 cm³/mol. The molecule has 0 saturated carbocycles. The van der Waals surface area contributed by atoms with Crippen molar-refractivity contribution in [1.29, 1.82) is 0 Å². The Morgan fingerprint density at radius 1 is 1.25 bits per heavy atom. The van der Waals surface area contributed by atoms with Crippen LogP contribution in [0, 0.1) is 13.8 Å². The van der Waals surface area contributed by atoms with Crippen LogP contribution in [0.3, 0.4) is 0 Å². The number of aryl methyl sites for hydroxylation is 2. The third kappa shape index (κ3) is 4.26. The predicted octanol–water partition coefficient (Wildman–Crippen LogP) is 4.58. The number of halogens is 1. The van der Waals surface area contributed by atoms with Gasteiger partial charge in [0, 0.05) is 16.1 Å². The van der Waals surface area contributed by atoms with Crippen LogP contribution in [-0.4, -0.2) is 16.2 Å². The Kier molecular flexibility index (Phi) is 5.84. The van der Waals surface area contributed by atoms with Crippen molar-refractivity contribution in [3.63, 3.8) is 0 Å². The molecule has 2 heterocycles. The van der Waals surface area contributed by atoms with E-state index in [1.54, 1.807) is 32.0 Å². The largest absolute Gasteiger partial charge is 0.442 e. The molecule has 0 aliphatic rings. The molecule has 0 radical (unpaired) electrons. The van der Waals surface area contributed by atoms with E-state index < -0.39 is 12.2 Å². The number of pyridine rings is 1. The zero-order chi connectivity index (χ0) is 20.3. The van der Waals surface area contributed by atoms with Gasteiger partial charge in [0.2, 0.25) is 0 Å². The van der Waals surface area contributed by atoms with Crippen LogP contribution in [0.5, 0.6) is 0 Å². The molecule has 0 fully saturated rings. The second-order valence-corrected chi connectivity index (χ2v) is 6.78. The van der Waals surface area contributed by atoms with Crippen molar-refractivity contribution in [2.75, 3.05) is 5.73 Å². The Morgan fingerprint density at radius 2 is 2.00 bits per heavy atom. The molecule has 2 aromatic heterocycles. The quantitative estimate of drug-likeness (QED) is 0.649. The molecule has 3 N–H and O–H groups in total. The second kappa shape index (κ2) is 8.31. The third-order valence-electron chi connectivity index (χ3n) is 4.38. The summed E-state index contributed by atoms with van der Waals surface area (Å²) in [5, 5.41) is 7.26. The number of nitrogen functional groups attached to an aromatic ring is 1. The number of carbonyl (C=O) groups excluding carboxylic acids is 1. The van der Waals surface area contributed by atoms with Crippen LogP contribution in [-0.2, 0) is 11.3 Å². The topological polar surface area (TPSA) is 103 Å². The fourth-order valence-corrected chi connectivity index (χ4v) is 3.02. The number of nitrogens with zero attached hydrogens (tertiary/aromatic N) is 2. The lowest BCUT2D eigenvalue weighted by Crippen LogP contribution is -2.25. The van der Waals surface area contributed by atoms with Crippen molar-refractivity contribution in [2.24, 2.45) is 0 Å². The first kappa shape index (κ1) is 19.7. The molecule has 0 aliphatic carbocycles. The van der Waals surface area contributed by atoms with Crippen LogP contribution in [0.2, 0.25) is 5.02 Å². The minimum absolute atomic E-state index is 0.184. The first-order valence-corrected chi connectivity index (χ1v) is 9.12. The van der Waals surface area contributed by atoms with E-state index in [0.29, 0.717) is 33.6 Å². The first-order chi connectivity index (χ1) is 13.4. The maximum Gasteiger partial charge on any atom is 0.408 e. The molecule has 0 unspecified atom stereocenters. The zero-order valence-corrected chi connectivity index (χ0v) is 16.6. The van der Waals surface area contributed by atoms with Crippen LogP contribution in [0.15, 0.2) is 40.9 Å². The second-order valence-electron chi connectivity index (χ2n) is 6.37. The summed E-state index contributed by atoms with van der Waals surface area (Å²) in [7, 11) is 0. The van der Waals surface area contributed by atoms with Gasteiger partial charge < -0.3 is 20.3 Å². The molecule has 3 aromatic rings. The average molecular weight is 401 g/mol. The number of hydrogen-bond acceptors (Lipinski definition) is 6. The lowest BCUT2D eigenvalue weighted by molar-refractivity contribution is 0.107. The maximum absolute atomic E-state index is 12.2. The van der Waals surface area contributed by atoms with Gasteiger partial charge in [0.1, 0.15) is 11.8 Å². The van der Waals surface area contributed by atoms with Gasteiger partial charge >= 0.3 is 6.09 Å². The molecule has 28 heavy (non-hydrogen) atoms. The highest BCUT2D eigenvalue weighted by atomic mass is 35.5. The highest BCUT2D eigenvalue weighted by Crippen LogP contribution is 2.27. The molecule has 1 amide bonds. The molecule has 0 aliphatic heterocycles. The van der Waals surface area contributed by atoms with E-state index in [-0.39, 0.29) is 6.54 Å². The maximum atomic E-state index is 12.2. The Morgan fingerprint density at radius 3 is 2.71 bits per heavy atom. The number of ether oxygens (including phenoxy) is 1. The Bertz CT molecular complexity index is 1000. The first-order valence-electron chi connectivity index (χ1n) is 8.74. The lowest BCUT2D eigenvalue weighted by Gasteiger charge is -2.15. The van der Waals surface area contributed by atoms with Crippen molar-refractivity contribution in [3.05, 3.63) is 63.9 Å². The van der Waals surface area contributed by atoms with Crippen molar-refractivity contribution in [1.82, 2.24) is 15.5 Å². The summed E-state index contributed by atoms with van der Waals surface area (Å²) in [5.74, 6) is 0.486. The number of carbonyl (C=O) groups is 1. The summed E-state index contributed by atoms with van der Waals surface area (Å²) in [6.45, 7) is 5.56. The molecule has 0 bridgehead atoms. The molecule has 1 aromatic carbocycles. The van der Waals surface area contributed by atoms with E-state index in [2.05, 4.69) is 15.5 Å². The number of anilines is 1. The normalized spacial score (nSPS) is 11.9. The Labute approximate surface area is 167 Å². The van der Waals surface area contributed by atoms with Crippen molar-refractivity contribution < 1.29 is 14.1 Å². The summed E-state index contributed by atoms with van der Waals surface area (Å²) >= 11 is 6.15. The number of amides is 1. The fraction of sp³-hybridized carbons (Fsp3) is 0.250. The molecule has 146 valence electrons. The Balaban J connectivity index is 1.69. The minimum atomic E-state index is -0.569. The van der Waals surface area contributed by atoms with E-state index in [1.807, 2.05) is 25.1 Å². The number of aromatic nitrogens is 2. The summed E-state index contributed by atoms with van der Waals surface area (Å²) in [6.07, 6.45) is -1.06. The van der Waals surface area contributed by atoms with E-state index in [9.17, 15) is 4.79 Å². The molecule has 0 spiro atoms. The summed E-state index contributed by atoms with van der Waals surface area (Å²) in [5.41, 5.74) is 9.83. The number of hydrogen-bond donors (Lipinski definition) is 2. The van der Waals surface area contributed by atoms with E-state index in [0.717, 1.165) is 11.1 Å². The smallest absolute Gasteiger partial charge is 0.408 e. The van der Waals surface area contributed by atoms with Crippen LogP contribution < -0.4 is 11.1 Å². The zero-order valence-electron chi connectivity index (χ0n) is 15.8. The molecule has 7 nitrogen and oxygen atoms in total. The molecule has 1 atom stereocenters. The van der Waals surface area contributed by atoms with E-state index in [1.165, 1.54) is 0 Å². The van der Waals surface area contributed by atoms with E-state index in [4.69, 9.17) is 26.6 Å². The molecular weight excluding hydrogens is 380 g/mol. The van der Waals surface area contributed by atoms with Crippen LogP contribution in [0.4, 0.5) is 10.5 Å².